The summed E-state index contributed by atoms with van der Waals surface area (Å²) in [5.74, 6) is -0.670. The smallest absolute Gasteiger partial charge is 0.378 e. The number of nitrogens with one attached hydrogen (secondary N) is 1. The summed E-state index contributed by atoms with van der Waals surface area (Å²) < 4.78 is 37.8. The number of aromatic nitrogens is 2. The van der Waals surface area contributed by atoms with E-state index in [1.807, 2.05) is 0 Å². The van der Waals surface area contributed by atoms with E-state index in [1.54, 1.807) is 0 Å². The van der Waals surface area contributed by atoms with Crippen molar-refractivity contribution in [2.45, 2.75) is 6.18 Å². The largest absolute Gasteiger partial charge is 0.416 e. The lowest BCUT2D eigenvalue weighted by atomic mass is 10.2. The fourth-order valence-electron chi connectivity index (χ4n) is 1.57. The van der Waals surface area contributed by atoms with E-state index >= 15 is 0 Å². The molecule has 0 aliphatic rings. The monoisotopic (exact) mass is 299 g/mol. The maximum absolute atomic E-state index is 12.6. The van der Waals surface area contributed by atoms with E-state index in [1.165, 1.54) is 12.1 Å². The predicted octanol–water partition coefficient (Wildman–Crippen LogP) is 2.73. The molecule has 110 valence electrons. The van der Waals surface area contributed by atoms with Crippen molar-refractivity contribution in [3.8, 4) is 0 Å². The number of halogens is 3. The lowest BCUT2D eigenvalue weighted by Gasteiger charge is -2.10. The van der Waals surface area contributed by atoms with Gasteiger partial charge in [0.1, 0.15) is 6.33 Å². The van der Waals surface area contributed by atoms with E-state index in [9.17, 15) is 23.3 Å². The summed E-state index contributed by atoms with van der Waals surface area (Å²) >= 11 is 0. The molecule has 0 spiro atoms. The van der Waals surface area contributed by atoms with Crippen LogP contribution < -0.4 is 11.1 Å². The third kappa shape index (κ3) is 3.16. The van der Waals surface area contributed by atoms with Crippen LogP contribution >= 0.6 is 0 Å². The van der Waals surface area contributed by atoms with Crippen molar-refractivity contribution >= 4 is 23.0 Å². The SMILES string of the molecule is Nc1ncnc(Nc2cccc(C(F)(F)F)c2)c1[N+](=O)[O-]. The highest BCUT2D eigenvalue weighted by Crippen LogP contribution is 2.33. The second kappa shape index (κ2) is 5.23. The average Bonchev–Trinajstić information content (AvgIpc) is 2.37. The zero-order chi connectivity index (χ0) is 15.6. The number of nitrogen functional groups attached to an aromatic ring is 1. The Kier molecular flexibility index (Phi) is 3.61. The molecule has 0 aliphatic heterocycles. The number of alkyl halides is 3. The van der Waals surface area contributed by atoms with Gasteiger partial charge in [-0.05, 0) is 18.2 Å². The van der Waals surface area contributed by atoms with Crippen LogP contribution in [0.4, 0.5) is 36.2 Å². The molecule has 1 aromatic carbocycles. The number of nitrogens with two attached hydrogens (primary N) is 1. The van der Waals surface area contributed by atoms with Crippen LogP contribution in [-0.2, 0) is 6.18 Å². The second-order valence-electron chi connectivity index (χ2n) is 3.92. The summed E-state index contributed by atoms with van der Waals surface area (Å²) in [7, 11) is 0. The maximum Gasteiger partial charge on any atom is 0.416 e. The van der Waals surface area contributed by atoms with Crippen LogP contribution in [0.3, 0.4) is 0 Å². The van der Waals surface area contributed by atoms with Gasteiger partial charge in [-0.3, -0.25) is 10.1 Å². The molecule has 0 amide bonds. The van der Waals surface area contributed by atoms with Crippen molar-refractivity contribution in [1.29, 1.82) is 0 Å². The molecule has 21 heavy (non-hydrogen) atoms. The van der Waals surface area contributed by atoms with Gasteiger partial charge in [0.15, 0.2) is 0 Å². The summed E-state index contributed by atoms with van der Waals surface area (Å²) in [5.41, 5.74) is 3.86. The highest BCUT2D eigenvalue weighted by Gasteiger charge is 2.30. The number of anilines is 3. The van der Waals surface area contributed by atoms with Gasteiger partial charge >= 0.3 is 11.9 Å². The minimum Gasteiger partial charge on any atom is -0.378 e. The molecule has 0 bridgehead atoms. The molecule has 2 aromatic rings. The molecule has 10 heteroatoms. The lowest BCUT2D eigenvalue weighted by Crippen LogP contribution is -2.07. The summed E-state index contributed by atoms with van der Waals surface area (Å²) in [6, 6.07) is 4.18. The molecule has 3 N–H and O–H groups in total. The van der Waals surface area contributed by atoms with Crippen LogP contribution in [0.1, 0.15) is 5.56 Å². The average molecular weight is 299 g/mol. The summed E-state index contributed by atoms with van der Waals surface area (Å²) in [4.78, 5) is 17.2. The van der Waals surface area contributed by atoms with Crippen LogP contribution in [0.15, 0.2) is 30.6 Å². The first-order valence-corrected chi connectivity index (χ1v) is 5.48. The van der Waals surface area contributed by atoms with E-state index < -0.39 is 22.4 Å². The third-order valence-electron chi connectivity index (χ3n) is 2.49. The van der Waals surface area contributed by atoms with E-state index in [4.69, 9.17) is 5.73 Å². The first kappa shape index (κ1) is 14.5. The van der Waals surface area contributed by atoms with E-state index in [-0.39, 0.29) is 17.3 Å². The Bertz CT molecular complexity index is 690. The normalized spacial score (nSPS) is 11.2. The van der Waals surface area contributed by atoms with Crippen molar-refractivity contribution in [2.75, 3.05) is 11.1 Å². The highest BCUT2D eigenvalue weighted by atomic mass is 19.4. The van der Waals surface area contributed by atoms with Crippen LogP contribution in [0.5, 0.6) is 0 Å². The van der Waals surface area contributed by atoms with Gasteiger partial charge in [0.25, 0.3) is 0 Å². The minimum absolute atomic E-state index is 0.00831. The minimum atomic E-state index is -4.52. The number of rotatable bonds is 3. The summed E-state index contributed by atoms with van der Waals surface area (Å²) in [5, 5.41) is 13.3. The predicted molar refractivity (Wildman–Crippen MR) is 67.8 cm³/mol. The van der Waals surface area contributed by atoms with E-state index in [0.717, 1.165) is 18.5 Å². The molecule has 0 radical (unpaired) electrons. The van der Waals surface area contributed by atoms with Crippen molar-refractivity contribution in [2.24, 2.45) is 0 Å². The van der Waals surface area contributed by atoms with Crippen LogP contribution in [0.2, 0.25) is 0 Å². The fourth-order valence-corrected chi connectivity index (χ4v) is 1.57. The summed E-state index contributed by atoms with van der Waals surface area (Å²) in [6.45, 7) is 0. The van der Waals surface area contributed by atoms with Gasteiger partial charge in [0.2, 0.25) is 11.6 Å². The van der Waals surface area contributed by atoms with Gasteiger partial charge in [-0.2, -0.15) is 13.2 Å². The lowest BCUT2D eigenvalue weighted by molar-refractivity contribution is -0.383. The molecule has 1 heterocycles. The second-order valence-corrected chi connectivity index (χ2v) is 3.92. The van der Waals surface area contributed by atoms with Gasteiger partial charge in [0.05, 0.1) is 10.5 Å². The molecule has 0 unspecified atom stereocenters. The third-order valence-corrected chi connectivity index (χ3v) is 2.49. The molecule has 0 atom stereocenters. The molecular weight excluding hydrogens is 291 g/mol. The molecule has 1 aromatic heterocycles. The molecule has 0 aliphatic carbocycles. The molecule has 7 nitrogen and oxygen atoms in total. The molecule has 0 fully saturated rings. The summed E-state index contributed by atoms with van der Waals surface area (Å²) in [6.07, 6.45) is -3.55. The first-order chi connectivity index (χ1) is 9.79. The zero-order valence-corrected chi connectivity index (χ0v) is 10.3. The fraction of sp³-hybridized carbons (Fsp3) is 0.0909. The Morgan fingerprint density at radius 1 is 1.29 bits per heavy atom. The number of nitro groups is 1. The Hall–Kier alpha value is -2.91. The number of nitrogens with zero attached hydrogens (tertiary/aromatic N) is 3. The van der Waals surface area contributed by atoms with Gasteiger partial charge in [0, 0.05) is 5.69 Å². The first-order valence-electron chi connectivity index (χ1n) is 5.48. The molecular formula is C11H8F3N5O2. The van der Waals surface area contributed by atoms with Gasteiger partial charge in [-0.25, -0.2) is 9.97 Å². The number of hydrogen-bond acceptors (Lipinski definition) is 6. The van der Waals surface area contributed by atoms with Crippen LogP contribution in [0.25, 0.3) is 0 Å². The molecule has 2 rings (SSSR count). The number of benzene rings is 1. The number of hydrogen-bond donors (Lipinski definition) is 2. The Morgan fingerprint density at radius 2 is 2.00 bits per heavy atom. The van der Waals surface area contributed by atoms with E-state index in [0.29, 0.717) is 0 Å². The zero-order valence-electron chi connectivity index (χ0n) is 10.3. The van der Waals surface area contributed by atoms with Gasteiger partial charge < -0.3 is 11.1 Å². The van der Waals surface area contributed by atoms with Crippen molar-refractivity contribution in [1.82, 2.24) is 9.97 Å². The molecule has 0 saturated heterocycles. The molecule has 0 saturated carbocycles. The van der Waals surface area contributed by atoms with E-state index in [2.05, 4.69) is 15.3 Å². The highest BCUT2D eigenvalue weighted by molar-refractivity contribution is 5.72. The van der Waals surface area contributed by atoms with Crippen molar-refractivity contribution < 1.29 is 18.1 Å². The Balaban J connectivity index is 2.40. The Morgan fingerprint density at radius 3 is 2.62 bits per heavy atom. The van der Waals surface area contributed by atoms with Crippen molar-refractivity contribution in [3.63, 3.8) is 0 Å². The van der Waals surface area contributed by atoms with Crippen molar-refractivity contribution in [3.05, 3.63) is 46.3 Å². The van der Waals surface area contributed by atoms with Gasteiger partial charge in [-0.15, -0.1) is 0 Å². The Labute approximate surface area is 115 Å². The van der Waals surface area contributed by atoms with Crippen LogP contribution in [-0.4, -0.2) is 14.9 Å². The standard InChI is InChI=1S/C11H8F3N5O2/c12-11(13,14)6-2-1-3-7(4-6)18-10-8(19(20)21)9(15)16-5-17-10/h1-5H,(H3,15,16,17,18). The topological polar surface area (TPSA) is 107 Å². The maximum atomic E-state index is 12.6. The quantitative estimate of drug-likeness (QED) is 0.666. The van der Waals surface area contributed by atoms with Gasteiger partial charge in [-0.1, -0.05) is 6.07 Å². The van der Waals surface area contributed by atoms with Crippen LogP contribution in [0, 0.1) is 10.1 Å².